The van der Waals surface area contributed by atoms with E-state index in [1.165, 1.54) is 53.1 Å². The highest BCUT2D eigenvalue weighted by molar-refractivity contribution is 7.20. The Morgan fingerprint density at radius 2 is 0.614 bits per heavy atom. The zero-order valence-electron chi connectivity index (χ0n) is 73.7. The van der Waals surface area contributed by atoms with Crippen LogP contribution in [0.2, 0.25) is 0 Å². The third-order valence-corrected chi connectivity index (χ3v) is 20.1. The van der Waals surface area contributed by atoms with Crippen LogP contribution < -0.4 is 41.5 Å². The van der Waals surface area contributed by atoms with Crippen LogP contribution in [-0.2, 0) is 0 Å². The first-order valence-electron chi connectivity index (χ1n) is 40.2. The van der Waals surface area contributed by atoms with E-state index in [1.54, 1.807) is 12.1 Å². The lowest BCUT2D eigenvalue weighted by atomic mass is 10.1. The molecule has 0 aliphatic heterocycles. The van der Waals surface area contributed by atoms with E-state index in [2.05, 4.69) is 0 Å². The van der Waals surface area contributed by atoms with Crippen molar-refractivity contribution in [3.05, 3.63) is 290 Å². The van der Waals surface area contributed by atoms with Gasteiger partial charge in [0.15, 0.2) is 16.1 Å². The average molecular weight is 964 g/mol. The van der Waals surface area contributed by atoms with Crippen LogP contribution in [-0.4, -0.2) is 25.3 Å². The minimum absolute atomic E-state index is 0.00546. The number of aromatic nitrogens is 2. The van der Waals surface area contributed by atoms with Gasteiger partial charge in [0.05, 0.1) is 74.2 Å². The Kier molecular flexibility index (Phi) is 4.44. The Morgan fingerprint density at radius 1 is 0.271 bits per heavy atom. The van der Waals surface area contributed by atoms with Gasteiger partial charge in [0.25, 0.3) is 0 Å². The van der Waals surface area contributed by atoms with Crippen LogP contribution in [0.15, 0.2) is 290 Å². The van der Waals surface area contributed by atoms with Crippen LogP contribution in [0, 0.1) is 0 Å². The van der Waals surface area contributed by atoms with Crippen molar-refractivity contribution in [2.45, 2.75) is 0 Å². The molecule has 2 heterocycles. The topological polar surface area (TPSA) is 9.86 Å². The van der Waals surface area contributed by atoms with Gasteiger partial charge in [-0.1, -0.05) is 248 Å². The monoisotopic (exact) mass is 963 g/mol. The Balaban J connectivity index is 1.29. The standard InChI is InChI=1S/C66H48N2Si2/c1-7-27-51(28-8-1)69(52-29-9-2-10-30-52,53-31-11-3-12-32-53)57-39-23-25-49(47-57)67-63-44-22-20-42-61(63)65-64(67)46-45-60-59-41-19-21-43-62(59)68(66(60)65)50-26-24-40-58(48-50)70(54-33-13-4-14-34-54,55-35-15-5-16-36-55)56-37-17-6-18-38-56/h1-48H/i1D,2D,3D,4D,5D,6D,7D,8D,9D,10D,11D,12D,13D,14D,15D,16D,17D,18D,23D,24D,25D,26D,27D,28D,29D,30D,31D,32D,33D,34D,35D,36D,37D,38D,39D,40D,47D,48D. The number of benzene rings is 11. The van der Waals surface area contributed by atoms with E-state index in [-0.39, 0.29) is 43.6 Å². The van der Waals surface area contributed by atoms with Crippen LogP contribution in [0.3, 0.4) is 0 Å². The van der Waals surface area contributed by atoms with Crippen LogP contribution >= 0.6 is 0 Å². The number of nitrogens with zero attached hydrogens (tertiary/aromatic N) is 2. The lowest BCUT2D eigenvalue weighted by Gasteiger charge is -2.34. The van der Waals surface area contributed by atoms with E-state index in [0.717, 1.165) is 4.57 Å². The second-order valence-electron chi connectivity index (χ2n) is 15.5. The highest BCUT2D eigenvalue weighted by Crippen LogP contribution is 2.42. The molecule has 13 aromatic rings. The normalized spacial score (nSPS) is 19.6. The van der Waals surface area contributed by atoms with Crippen LogP contribution in [0.25, 0.3) is 55.0 Å². The summed E-state index contributed by atoms with van der Waals surface area (Å²) in [7, 11) is -12.9. The molecule has 0 saturated carbocycles. The molecule has 70 heavy (non-hydrogen) atoms. The van der Waals surface area contributed by atoms with E-state index in [9.17, 15) is 27.4 Å². The highest BCUT2D eigenvalue weighted by atomic mass is 28.3. The maximum Gasteiger partial charge on any atom is 0.179 e. The first kappa shape index (κ1) is 18.1. The molecule has 13 rings (SSSR count). The van der Waals surface area contributed by atoms with Gasteiger partial charge in [0.2, 0.25) is 0 Å². The van der Waals surface area contributed by atoms with E-state index >= 15 is 0 Å². The van der Waals surface area contributed by atoms with E-state index in [1.807, 2.05) is 0 Å². The second kappa shape index (κ2) is 17.2. The minimum Gasteiger partial charge on any atom is -0.309 e. The van der Waals surface area contributed by atoms with Crippen LogP contribution in [0.1, 0.15) is 52.1 Å². The molecule has 0 aliphatic carbocycles. The molecule has 0 bridgehead atoms. The van der Waals surface area contributed by atoms with Crippen LogP contribution in [0.5, 0.6) is 0 Å². The number of hydrogen-bond donors (Lipinski definition) is 0. The van der Waals surface area contributed by atoms with Crippen molar-refractivity contribution in [2.24, 2.45) is 0 Å². The predicted molar refractivity (Wildman–Crippen MR) is 302 cm³/mol. The molecule has 0 atom stereocenters. The molecule has 0 aliphatic rings. The summed E-state index contributed by atoms with van der Waals surface area (Å²) in [6.07, 6.45) is 0. The summed E-state index contributed by atoms with van der Waals surface area (Å²) in [5, 5.41) is -8.51. The molecule has 330 valence electrons. The molecule has 2 aromatic heterocycles. The van der Waals surface area contributed by atoms with Gasteiger partial charge >= 0.3 is 0 Å². The summed E-state index contributed by atoms with van der Waals surface area (Å²) in [6.45, 7) is 0. The molecule has 0 amide bonds. The zero-order valence-corrected chi connectivity index (χ0v) is 37.7. The van der Waals surface area contributed by atoms with Crippen molar-refractivity contribution in [2.75, 3.05) is 0 Å². The first-order chi connectivity index (χ1) is 50.5. The molecular weight excluding hydrogens is 877 g/mol. The SMILES string of the molecule is [2H]c1c([2H])c([2H])c([Si](c2c([2H])c([2H])c([2H])c([2H])c2[2H])(c2c([2H])c([2H])c([2H])c([2H])c2[2H])c2c([2H])c([2H])c([2H])c(-n3c4ccccc4c4c3ccc3c5ccccc5n(-c5c([2H])c([2H])c([2H])c([Si](c6c([2H])c([2H])c([2H])c([2H])c6[2H])(c6c([2H])c([2H])c([2H])c([2H])c6[2H])c6c([2H])c([2H])c([2H])c([2H])c6[2H])c5[2H])c34)c2[2H])c([2H])c1[2H]. The molecule has 0 spiro atoms. The summed E-state index contributed by atoms with van der Waals surface area (Å²) in [5.41, 5.74) is -1.96. The number of rotatable bonds is 10. The fourth-order valence-electron chi connectivity index (χ4n) is 9.37. The molecule has 0 N–H and O–H groups in total. The Morgan fingerprint density at radius 3 is 1.03 bits per heavy atom. The predicted octanol–water partition coefficient (Wildman–Crippen LogP) is 10.6. The summed E-state index contributed by atoms with van der Waals surface area (Å²) < 4.78 is 363. The summed E-state index contributed by atoms with van der Waals surface area (Å²) in [4.78, 5) is 0. The highest BCUT2D eigenvalue weighted by Gasteiger charge is 2.43. The average Bonchev–Trinajstić information content (AvgIpc) is 0.851. The van der Waals surface area contributed by atoms with Gasteiger partial charge in [-0.2, -0.15) is 0 Å². The summed E-state index contributed by atoms with van der Waals surface area (Å²) in [5.74, 6) is 0. The quantitative estimate of drug-likeness (QED) is 0.0955. The third kappa shape index (κ3) is 6.38. The zero-order chi connectivity index (χ0) is 79.6. The van der Waals surface area contributed by atoms with Crippen molar-refractivity contribution >= 4 is 101 Å². The van der Waals surface area contributed by atoms with Gasteiger partial charge in [-0.15, -0.1) is 0 Å². The van der Waals surface area contributed by atoms with Gasteiger partial charge < -0.3 is 9.13 Å². The third-order valence-electron chi connectivity index (χ3n) is 12.1. The van der Waals surface area contributed by atoms with E-state index in [4.69, 9.17) is 24.7 Å². The number of fused-ring (bicyclic) bond motifs is 7. The number of hydrogen-bond acceptors (Lipinski definition) is 0. The maximum absolute atomic E-state index is 10.9. The smallest absolute Gasteiger partial charge is 0.179 e. The van der Waals surface area contributed by atoms with Crippen molar-refractivity contribution in [3.63, 3.8) is 0 Å². The largest absolute Gasteiger partial charge is 0.309 e. The first-order valence-corrected chi connectivity index (χ1v) is 25.2. The van der Waals surface area contributed by atoms with Gasteiger partial charge in [-0.05, 0) is 83.9 Å². The van der Waals surface area contributed by atoms with Crippen molar-refractivity contribution in [1.82, 2.24) is 9.13 Å². The minimum atomic E-state index is -6.47. The van der Waals surface area contributed by atoms with Gasteiger partial charge in [0, 0.05) is 32.9 Å². The van der Waals surface area contributed by atoms with Gasteiger partial charge in [-0.3, -0.25) is 0 Å². The molecular formula is C66H48N2Si2. The molecule has 0 saturated heterocycles. The lowest BCUT2D eigenvalue weighted by molar-refractivity contribution is 1.18. The molecule has 0 radical (unpaired) electrons. The molecule has 4 heteroatoms. The van der Waals surface area contributed by atoms with E-state index in [0.29, 0.717) is 0 Å². The molecule has 2 nitrogen and oxygen atoms in total. The fraction of sp³-hybridized carbons (Fsp3) is 0. The van der Waals surface area contributed by atoms with Gasteiger partial charge in [0.1, 0.15) is 0 Å². The van der Waals surface area contributed by atoms with Crippen LogP contribution in [0.4, 0.5) is 0 Å². The summed E-state index contributed by atoms with van der Waals surface area (Å²) in [6, 6.07) is -30.6. The van der Waals surface area contributed by atoms with Crippen molar-refractivity contribution in [1.29, 1.82) is 0 Å². The van der Waals surface area contributed by atoms with Crippen molar-refractivity contribution < 1.29 is 52.1 Å². The molecule has 0 fully saturated rings. The lowest BCUT2D eigenvalue weighted by Crippen LogP contribution is -2.74. The molecule has 11 aromatic carbocycles. The summed E-state index contributed by atoms with van der Waals surface area (Å²) >= 11 is 0. The maximum atomic E-state index is 10.9. The second-order valence-corrected chi connectivity index (χ2v) is 22.5. The Labute approximate surface area is 464 Å². The Hall–Kier alpha value is -8.55. The van der Waals surface area contributed by atoms with E-state index < -0.39 is 299 Å². The fourth-order valence-corrected chi connectivity index (χ4v) is 16.5. The Bertz CT molecular complexity index is 5810. The molecule has 0 unspecified atom stereocenters. The number of para-hydroxylation sites is 2. The van der Waals surface area contributed by atoms with Crippen molar-refractivity contribution in [3.8, 4) is 11.4 Å². The van der Waals surface area contributed by atoms with Gasteiger partial charge in [-0.25, -0.2) is 0 Å².